The van der Waals surface area contributed by atoms with Gasteiger partial charge in [-0.25, -0.2) is 0 Å². The van der Waals surface area contributed by atoms with Gasteiger partial charge in [0.05, 0.1) is 5.92 Å². The van der Waals surface area contributed by atoms with Gasteiger partial charge in [0.2, 0.25) is 5.91 Å². The Morgan fingerprint density at radius 2 is 2.45 bits per heavy atom. The summed E-state index contributed by atoms with van der Waals surface area (Å²) in [5.41, 5.74) is 2.27. The van der Waals surface area contributed by atoms with Crippen molar-refractivity contribution < 1.29 is 4.79 Å². The number of aromatic nitrogens is 2. The summed E-state index contributed by atoms with van der Waals surface area (Å²) in [6, 6.07) is 4.06. The first kappa shape index (κ1) is 13.4. The number of H-pyrrole nitrogens is 1. The third-order valence-corrected chi connectivity index (χ3v) is 4.81. The summed E-state index contributed by atoms with van der Waals surface area (Å²) < 4.78 is 0. The Morgan fingerprint density at radius 3 is 3.15 bits per heavy atom. The predicted octanol–water partition coefficient (Wildman–Crippen LogP) is 2.98. The van der Waals surface area contributed by atoms with E-state index in [0.717, 1.165) is 37.2 Å². The highest BCUT2D eigenvalue weighted by molar-refractivity contribution is 7.08. The second kappa shape index (κ2) is 5.79. The minimum atomic E-state index is -0.0400. The smallest absolute Gasteiger partial charge is 0.229 e. The van der Waals surface area contributed by atoms with Gasteiger partial charge in [0.25, 0.3) is 0 Å². The lowest BCUT2D eigenvalue weighted by Crippen LogP contribution is -2.41. The lowest BCUT2D eigenvalue weighted by atomic mass is 9.93. The highest BCUT2D eigenvalue weighted by Gasteiger charge is 2.28. The first-order valence-electron chi connectivity index (χ1n) is 7.06. The highest BCUT2D eigenvalue weighted by atomic mass is 32.1. The maximum atomic E-state index is 12.6. The maximum absolute atomic E-state index is 12.6. The van der Waals surface area contributed by atoms with Gasteiger partial charge in [-0.2, -0.15) is 16.4 Å². The number of rotatable bonds is 3. The standard InChI is InChI=1S/C15H19N3OS/c1-11(13-5-8-20-10-13)15(19)18-7-2-3-12(9-18)14-4-6-16-17-14/h4-6,8,10-12H,2-3,7,9H2,1H3,(H,16,17)/t11-,12-/m0/s1. The van der Waals surface area contributed by atoms with Crippen LogP contribution in [0.25, 0.3) is 0 Å². The largest absolute Gasteiger partial charge is 0.342 e. The van der Waals surface area contributed by atoms with Crippen LogP contribution < -0.4 is 0 Å². The van der Waals surface area contributed by atoms with Crippen LogP contribution in [0, 0.1) is 0 Å². The van der Waals surface area contributed by atoms with E-state index in [1.54, 1.807) is 17.5 Å². The molecule has 0 aliphatic carbocycles. The van der Waals surface area contributed by atoms with Crippen LogP contribution >= 0.6 is 11.3 Å². The van der Waals surface area contributed by atoms with Gasteiger partial charge in [0.15, 0.2) is 0 Å². The number of aromatic amines is 1. The summed E-state index contributed by atoms with van der Waals surface area (Å²) in [7, 11) is 0. The molecule has 1 N–H and O–H groups in total. The number of hydrogen-bond acceptors (Lipinski definition) is 3. The van der Waals surface area contributed by atoms with Crippen molar-refractivity contribution in [2.75, 3.05) is 13.1 Å². The quantitative estimate of drug-likeness (QED) is 0.944. The molecule has 3 heterocycles. The van der Waals surface area contributed by atoms with Gasteiger partial charge in [0.1, 0.15) is 0 Å². The van der Waals surface area contributed by atoms with Crippen molar-refractivity contribution in [2.24, 2.45) is 0 Å². The molecule has 0 aromatic carbocycles. The summed E-state index contributed by atoms with van der Waals surface area (Å²) in [6.07, 6.45) is 3.97. The Hall–Kier alpha value is -1.62. The molecule has 2 aromatic rings. The number of carbonyl (C=O) groups excluding carboxylic acids is 1. The minimum absolute atomic E-state index is 0.0400. The van der Waals surface area contributed by atoms with E-state index < -0.39 is 0 Å². The molecule has 1 amide bonds. The molecule has 0 unspecified atom stereocenters. The number of piperidine rings is 1. The van der Waals surface area contributed by atoms with Gasteiger partial charge >= 0.3 is 0 Å². The molecular formula is C15H19N3OS. The summed E-state index contributed by atoms with van der Waals surface area (Å²) in [4.78, 5) is 14.6. The normalized spacial score (nSPS) is 20.9. The molecule has 0 bridgehead atoms. The number of amides is 1. The molecule has 2 atom stereocenters. The van der Waals surface area contributed by atoms with Crippen molar-refractivity contribution in [1.82, 2.24) is 15.1 Å². The van der Waals surface area contributed by atoms with E-state index in [1.807, 2.05) is 29.3 Å². The van der Waals surface area contributed by atoms with Crippen LogP contribution in [-0.2, 0) is 4.79 Å². The fourth-order valence-corrected chi connectivity index (χ4v) is 3.62. The molecule has 1 aliphatic heterocycles. The fraction of sp³-hybridized carbons (Fsp3) is 0.467. The number of nitrogens with zero attached hydrogens (tertiary/aromatic N) is 2. The van der Waals surface area contributed by atoms with Crippen LogP contribution in [0.15, 0.2) is 29.1 Å². The Balaban J connectivity index is 1.69. The van der Waals surface area contributed by atoms with E-state index in [9.17, 15) is 4.79 Å². The molecule has 5 heteroatoms. The second-order valence-corrected chi connectivity index (χ2v) is 6.19. The first-order chi connectivity index (χ1) is 9.75. The van der Waals surface area contributed by atoms with Gasteiger partial charge in [-0.3, -0.25) is 9.89 Å². The van der Waals surface area contributed by atoms with Crippen molar-refractivity contribution in [1.29, 1.82) is 0 Å². The summed E-state index contributed by atoms with van der Waals surface area (Å²) in [5, 5.41) is 11.2. The Kier molecular flexibility index (Phi) is 3.87. The first-order valence-corrected chi connectivity index (χ1v) is 8.00. The topological polar surface area (TPSA) is 49.0 Å². The van der Waals surface area contributed by atoms with Crippen LogP contribution in [0.4, 0.5) is 0 Å². The summed E-state index contributed by atoms with van der Waals surface area (Å²) >= 11 is 1.65. The lowest BCUT2D eigenvalue weighted by Gasteiger charge is -2.33. The van der Waals surface area contributed by atoms with Crippen molar-refractivity contribution in [3.63, 3.8) is 0 Å². The Morgan fingerprint density at radius 1 is 1.55 bits per heavy atom. The maximum Gasteiger partial charge on any atom is 0.229 e. The second-order valence-electron chi connectivity index (χ2n) is 5.41. The van der Waals surface area contributed by atoms with Gasteiger partial charge in [-0.05, 0) is 48.2 Å². The number of thiophene rings is 1. The van der Waals surface area contributed by atoms with Crippen molar-refractivity contribution in [3.05, 3.63) is 40.3 Å². The third kappa shape index (κ3) is 2.63. The average Bonchev–Trinajstić information content (AvgIpc) is 3.18. The average molecular weight is 289 g/mol. The van der Waals surface area contributed by atoms with E-state index in [4.69, 9.17) is 0 Å². The zero-order valence-electron chi connectivity index (χ0n) is 11.6. The van der Waals surface area contributed by atoms with Crippen molar-refractivity contribution >= 4 is 17.2 Å². The lowest BCUT2D eigenvalue weighted by molar-refractivity contribution is -0.133. The van der Waals surface area contributed by atoms with Crippen LogP contribution in [0.5, 0.6) is 0 Å². The molecule has 3 rings (SSSR count). The Bertz CT molecular complexity index is 550. The molecule has 0 saturated carbocycles. The Labute approximate surface area is 122 Å². The van der Waals surface area contributed by atoms with E-state index in [0.29, 0.717) is 5.92 Å². The minimum Gasteiger partial charge on any atom is -0.342 e. The van der Waals surface area contributed by atoms with Crippen LogP contribution in [0.1, 0.15) is 42.9 Å². The summed E-state index contributed by atoms with van der Waals surface area (Å²) in [5.74, 6) is 0.597. The molecular weight excluding hydrogens is 270 g/mol. The van der Waals surface area contributed by atoms with Gasteiger partial charge < -0.3 is 4.90 Å². The molecule has 0 spiro atoms. The van der Waals surface area contributed by atoms with E-state index in [-0.39, 0.29) is 11.8 Å². The van der Waals surface area contributed by atoms with Crippen LogP contribution in [0.2, 0.25) is 0 Å². The number of nitrogens with one attached hydrogen (secondary N) is 1. The zero-order valence-corrected chi connectivity index (χ0v) is 12.4. The molecule has 0 radical (unpaired) electrons. The molecule has 106 valence electrons. The molecule has 1 saturated heterocycles. The SMILES string of the molecule is C[C@H](C(=O)N1CCC[C@H](c2ccn[nH]2)C1)c1ccsc1. The van der Waals surface area contributed by atoms with E-state index in [1.165, 1.54) is 0 Å². The molecule has 1 aliphatic rings. The van der Waals surface area contributed by atoms with Gasteiger partial charge in [0, 0.05) is 30.9 Å². The molecule has 1 fully saturated rings. The summed E-state index contributed by atoms with van der Waals surface area (Å²) in [6.45, 7) is 3.68. The number of likely N-dealkylation sites (tertiary alicyclic amines) is 1. The van der Waals surface area contributed by atoms with Crippen LogP contribution in [0.3, 0.4) is 0 Å². The molecule has 20 heavy (non-hydrogen) atoms. The zero-order chi connectivity index (χ0) is 13.9. The van der Waals surface area contributed by atoms with E-state index in [2.05, 4.69) is 15.6 Å². The monoisotopic (exact) mass is 289 g/mol. The highest BCUT2D eigenvalue weighted by Crippen LogP contribution is 2.28. The molecule has 2 aromatic heterocycles. The molecule has 4 nitrogen and oxygen atoms in total. The van der Waals surface area contributed by atoms with Gasteiger partial charge in [-0.15, -0.1) is 0 Å². The number of carbonyl (C=O) groups is 1. The van der Waals surface area contributed by atoms with Crippen molar-refractivity contribution in [2.45, 2.75) is 31.6 Å². The number of hydrogen-bond donors (Lipinski definition) is 1. The van der Waals surface area contributed by atoms with Crippen molar-refractivity contribution in [3.8, 4) is 0 Å². The fourth-order valence-electron chi connectivity index (χ4n) is 2.86. The predicted molar refractivity (Wildman–Crippen MR) is 79.9 cm³/mol. The van der Waals surface area contributed by atoms with Crippen LogP contribution in [-0.4, -0.2) is 34.1 Å². The van der Waals surface area contributed by atoms with Gasteiger partial charge in [-0.1, -0.05) is 0 Å². The third-order valence-electron chi connectivity index (χ3n) is 4.11. The van der Waals surface area contributed by atoms with E-state index >= 15 is 0 Å².